The standard InChI is InChI=1S/C38H16F10O4/c39-27-25(28(40)32(44)35(47)31(27)43)17-51-37(49)23-16-22(14-12-20-9-5-2-6-10-20)24(15-21(23)13-11-19-7-3-1-4-8-19)38(50)52-18-26-29(41)33(45)36(48)34(46)30(26)42/h1-10,15-16H,17-18H2. The zero-order chi connectivity index (χ0) is 37.7. The molecule has 4 nitrogen and oxygen atoms in total. The summed E-state index contributed by atoms with van der Waals surface area (Å²) in [6, 6.07) is 17.7. The molecule has 262 valence electrons. The van der Waals surface area contributed by atoms with Gasteiger partial charge in [-0.05, 0) is 36.4 Å². The first-order valence-corrected chi connectivity index (χ1v) is 14.5. The Balaban J connectivity index is 1.61. The predicted molar refractivity (Wildman–Crippen MR) is 162 cm³/mol. The third-order valence-electron chi connectivity index (χ3n) is 7.12. The molecule has 5 rings (SSSR count). The van der Waals surface area contributed by atoms with Crippen molar-refractivity contribution in [2.75, 3.05) is 0 Å². The van der Waals surface area contributed by atoms with Crippen molar-refractivity contribution in [2.24, 2.45) is 0 Å². The van der Waals surface area contributed by atoms with E-state index in [1.165, 1.54) is 0 Å². The first-order valence-electron chi connectivity index (χ1n) is 14.5. The minimum atomic E-state index is -2.44. The van der Waals surface area contributed by atoms with Crippen LogP contribution in [-0.4, -0.2) is 11.9 Å². The summed E-state index contributed by atoms with van der Waals surface area (Å²) in [5, 5.41) is 0. The molecule has 0 aliphatic carbocycles. The number of hydrogen-bond acceptors (Lipinski definition) is 4. The highest BCUT2D eigenvalue weighted by atomic mass is 19.2. The SMILES string of the molecule is O=C(OCc1c(F)c(F)c(F)c(F)c1F)c1cc(C#Cc2ccccc2)c(C(=O)OCc2c(F)c(F)c(F)c(F)c2F)cc1C#Cc1ccccc1. The van der Waals surface area contributed by atoms with Gasteiger partial charge in [-0.3, -0.25) is 0 Å². The van der Waals surface area contributed by atoms with Gasteiger partial charge in [-0.15, -0.1) is 0 Å². The molecule has 0 spiro atoms. The van der Waals surface area contributed by atoms with E-state index in [4.69, 9.17) is 9.47 Å². The van der Waals surface area contributed by atoms with Crippen LogP contribution >= 0.6 is 0 Å². The molecule has 0 aromatic heterocycles. The molecule has 14 heteroatoms. The lowest BCUT2D eigenvalue weighted by Gasteiger charge is -2.13. The molecule has 0 heterocycles. The van der Waals surface area contributed by atoms with E-state index in [9.17, 15) is 53.5 Å². The zero-order valence-corrected chi connectivity index (χ0v) is 25.8. The maximum Gasteiger partial charge on any atom is 0.339 e. The van der Waals surface area contributed by atoms with Gasteiger partial charge in [0.05, 0.1) is 22.3 Å². The number of ether oxygens (including phenoxy) is 2. The average molecular weight is 727 g/mol. The zero-order valence-electron chi connectivity index (χ0n) is 25.8. The number of halogens is 10. The predicted octanol–water partition coefficient (Wildman–Crippen LogP) is 8.59. The fraction of sp³-hybridized carbons (Fsp3) is 0.0526. The van der Waals surface area contributed by atoms with Crippen LogP contribution in [0.4, 0.5) is 43.9 Å². The van der Waals surface area contributed by atoms with Crippen LogP contribution in [0.5, 0.6) is 0 Å². The van der Waals surface area contributed by atoms with Gasteiger partial charge in [0.15, 0.2) is 46.5 Å². The Bertz CT molecular complexity index is 2130. The van der Waals surface area contributed by atoms with Crippen molar-refractivity contribution in [2.45, 2.75) is 13.2 Å². The highest BCUT2D eigenvalue weighted by Gasteiger charge is 2.29. The van der Waals surface area contributed by atoms with Crippen molar-refractivity contribution in [1.82, 2.24) is 0 Å². The highest BCUT2D eigenvalue weighted by Crippen LogP contribution is 2.27. The topological polar surface area (TPSA) is 52.6 Å². The molecule has 0 fully saturated rings. The third-order valence-corrected chi connectivity index (χ3v) is 7.12. The Morgan fingerprint density at radius 3 is 1.02 bits per heavy atom. The highest BCUT2D eigenvalue weighted by molar-refractivity contribution is 5.98. The van der Waals surface area contributed by atoms with Gasteiger partial charge in [0.25, 0.3) is 0 Å². The summed E-state index contributed by atoms with van der Waals surface area (Å²) < 4.78 is 149. The van der Waals surface area contributed by atoms with Crippen molar-refractivity contribution in [1.29, 1.82) is 0 Å². The van der Waals surface area contributed by atoms with E-state index in [0.29, 0.717) is 11.1 Å². The molecular weight excluding hydrogens is 710 g/mol. The summed E-state index contributed by atoms with van der Waals surface area (Å²) in [7, 11) is 0. The van der Waals surface area contributed by atoms with E-state index in [1.807, 2.05) is 0 Å². The van der Waals surface area contributed by atoms with Crippen LogP contribution in [-0.2, 0) is 22.7 Å². The Morgan fingerprint density at radius 2 is 0.712 bits per heavy atom. The van der Waals surface area contributed by atoms with E-state index in [0.717, 1.165) is 12.1 Å². The summed E-state index contributed by atoms with van der Waals surface area (Å²) in [5.41, 5.74) is -4.02. The quantitative estimate of drug-likeness (QED) is 0.0579. The number of carbonyl (C=O) groups is 2. The van der Waals surface area contributed by atoms with Crippen LogP contribution in [0.3, 0.4) is 0 Å². The Labute approximate surface area is 287 Å². The molecule has 5 aromatic carbocycles. The van der Waals surface area contributed by atoms with E-state index in [1.54, 1.807) is 60.7 Å². The largest absolute Gasteiger partial charge is 0.457 e. The molecule has 0 saturated carbocycles. The van der Waals surface area contributed by atoms with Crippen molar-refractivity contribution < 1.29 is 63.0 Å². The van der Waals surface area contributed by atoms with Gasteiger partial charge >= 0.3 is 11.9 Å². The van der Waals surface area contributed by atoms with Gasteiger partial charge in [-0.25, -0.2) is 53.5 Å². The number of rotatable bonds is 6. The van der Waals surface area contributed by atoms with Crippen molar-refractivity contribution in [3.05, 3.63) is 175 Å². The molecule has 0 atom stereocenters. The molecule has 0 amide bonds. The number of hydrogen-bond donors (Lipinski definition) is 0. The lowest BCUT2D eigenvalue weighted by molar-refractivity contribution is 0.0447. The van der Waals surface area contributed by atoms with Crippen LogP contribution in [0, 0.1) is 81.9 Å². The molecule has 52 heavy (non-hydrogen) atoms. The minimum Gasteiger partial charge on any atom is -0.457 e. The smallest absolute Gasteiger partial charge is 0.339 e. The fourth-order valence-corrected chi connectivity index (χ4v) is 4.45. The Kier molecular flexibility index (Phi) is 11.0. The van der Waals surface area contributed by atoms with E-state index in [2.05, 4.69) is 23.7 Å². The van der Waals surface area contributed by atoms with Gasteiger partial charge in [0.1, 0.15) is 13.2 Å². The minimum absolute atomic E-state index is 0.361. The maximum atomic E-state index is 14.3. The number of benzene rings is 5. The van der Waals surface area contributed by atoms with Gasteiger partial charge in [0, 0.05) is 22.3 Å². The molecule has 0 unspecified atom stereocenters. The number of esters is 2. The third kappa shape index (κ3) is 7.61. The van der Waals surface area contributed by atoms with E-state index in [-0.39, 0.29) is 11.1 Å². The van der Waals surface area contributed by atoms with Gasteiger partial charge < -0.3 is 9.47 Å². The average Bonchev–Trinajstić information content (AvgIpc) is 3.16. The van der Waals surface area contributed by atoms with Crippen LogP contribution < -0.4 is 0 Å². The summed E-state index contributed by atoms with van der Waals surface area (Å²) >= 11 is 0. The molecule has 0 saturated heterocycles. The summed E-state index contributed by atoms with van der Waals surface area (Å²) in [4.78, 5) is 26.7. The summed E-state index contributed by atoms with van der Waals surface area (Å²) in [6.07, 6.45) is 0. The molecule has 0 aliphatic heterocycles. The molecule has 0 N–H and O–H groups in total. The summed E-state index contributed by atoms with van der Waals surface area (Å²) in [6.45, 7) is -2.90. The normalized spacial score (nSPS) is 10.5. The Morgan fingerprint density at radius 1 is 0.423 bits per heavy atom. The second-order valence-electron chi connectivity index (χ2n) is 10.4. The van der Waals surface area contributed by atoms with E-state index >= 15 is 0 Å². The first-order chi connectivity index (χ1) is 24.8. The van der Waals surface area contributed by atoms with Crippen molar-refractivity contribution >= 4 is 11.9 Å². The molecule has 5 aromatic rings. The van der Waals surface area contributed by atoms with Crippen LogP contribution in [0.1, 0.15) is 54.1 Å². The molecule has 0 radical (unpaired) electrons. The molecule has 0 bridgehead atoms. The lowest BCUT2D eigenvalue weighted by atomic mass is 9.97. The maximum absolute atomic E-state index is 14.3. The van der Waals surface area contributed by atoms with Gasteiger partial charge in [-0.2, -0.15) is 0 Å². The first kappa shape index (κ1) is 36.7. The molecular formula is C38H16F10O4. The monoisotopic (exact) mass is 726 g/mol. The second-order valence-corrected chi connectivity index (χ2v) is 10.4. The molecule has 0 aliphatic rings. The van der Waals surface area contributed by atoms with Crippen LogP contribution in [0.15, 0.2) is 72.8 Å². The van der Waals surface area contributed by atoms with E-state index < -0.39 is 106 Å². The van der Waals surface area contributed by atoms with Crippen LogP contribution in [0.2, 0.25) is 0 Å². The fourth-order valence-electron chi connectivity index (χ4n) is 4.45. The number of carbonyl (C=O) groups excluding carboxylic acids is 2. The van der Waals surface area contributed by atoms with Gasteiger partial charge in [0.2, 0.25) is 11.6 Å². The van der Waals surface area contributed by atoms with Gasteiger partial charge in [-0.1, -0.05) is 60.1 Å². The Hall–Kier alpha value is -6.54. The lowest BCUT2D eigenvalue weighted by Crippen LogP contribution is -2.15. The van der Waals surface area contributed by atoms with Crippen molar-refractivity contribution in [3.8, 4) is 23.7 Å². The second kappa shape index (κ2) is 15.6. The van der Waals surface area contributed by atoms with Crippen LogP contribution in [0.25, 0.3) is 0 Å². The van der Waals surface area contributed by atoms with Crippen molar-refractivity contribution in [3.63, 3.8) is 0 Å². The summed E-state index contributed by atoms with van der Waals surface area (Å²) in [5.74, 6) is -15.4.